The molecule has 2 aromatic rings. The average Bonchev–Trinajstić information content (AvgIpc) is 2.42. The minimum atomic E-state index is -0.765. The highest BCUT2D eigenvalue weighted by molar-refractivity contribution is 9.10. The number of rotatable bonds is 3. The van der Waals surface area contributed by atoms with Crippen LogP contribution in [0.4, 0.5) is 0 Å². The van der Waals surface area contributed by atoms with Crippen molar-refractivity contribution in [3.63, 3.8) is 0 Å². The van der Waals surface area contributed by atoms with Gasteiger partial charge in [0.25, 0.3) is 0 Å². The number of benzene rings is 2. The molecule has 0 radical (unpaired) electrons. The van der Waals surface area contributed by atoms with Crippen molar-refractivity contribution >= 4 is 21.7 Å². The summed E-state index contributed by atoms with van der Waals surface area (Å²) in [7, 11) is 0. The fourth-order valence-corrected chi connectivity index (χ4v) is 2.34. The van der Waals surface area contributed by atoms with Crippen molar-refractivity contribution in [2.24, 2.45) is 0 Å². The van der Waals surface area contributed by atoms with Crippen LogP contribution in [0.25, 0.3) is 0 Å². The standard InChI is InChI=1S/C16H12BrNO/c1-11-6-8-12(9-7-11)14(10-18)16(19)13-4-2-3-5-15(13)17/h2-9,14H,1H3. The van der Waals surface area contributed by atoms with Gasteiger partial charge in [0.1, 0.15) is 5.92 Å². The second kappa shape index (κ2) is 5.81. The Morgan fingerprint density at radius 3 is 2.37 bits per heavy atom. The molecule has 0 aromatic heterocycles. The molecule has 0 spiro atoms. The van der Waals surface area contributed by atoms with Crippen LogP contribution in [0.1, 0.15) is 27.4 Å². The van der Waals surface area contributed by atoms with Gasteiger partial charge in [-0.25, -0.2) is 0 Å². The Kier molecular flexibility index (Phi) is 4.13. The lowest BCUT2D eigenvalue weighted by Gasteiger charge is -2.10. The highest BCUT2D eigenvalue weighted by Crippen LogP contribution is 2.25. The van der Waals surface area contributed by atoms with Crippen LogP contribution in [0.2, 0.25) is 0 Å². The molecular weight excluding hydrogens is 302 g/mol. The zero-order valence-electron chi connectivity index (χ0n) is 10.4. The van der Waals surface area contributed by atoms with E-state index < -0.39 is 5.92 Å². The van der Waals surface area contributed by atoms with Crippen molar-refractivity contribution in [2.75, 3.05) is 0 Å². The first-order chi connectivity index (χ1) is 9.13. The molecule has 0 aliphatic heterocycles. The summed E-state index contributed by atoms with van der Waals surface area (Å²) in [5.41, 5.74) is 2.37. The van der Waals surface area contributed by atoms with Gasteiger partial charge in [-0.1, -0.05) is 64.0 Å². The molecule has 0 saturated carbocycles. The molecular formula is C16H12BrNO. The summed E-state index contributed by atoms with van der Waals surface area (Å²) in [5, 5.41) is 9.29. The van der Waals surface area contributed by atoms with Gasteiger partial charge in [0.2, 0.25) is 0 Å². The molecule has 94 valence electrons. The molecule has 0 saturated heterocycles. The number of carbonyl (C=O) groups is 1. The van der Waals surface area contributed by atoms with Crippen LogP contribution in [0.5, 0.6) is 0 Å². The minimum absolute atomic E-state index is 0.182. The number of carbonyl (C=O) groups excluding carboxylic acids is 1. The molecule has 1 unspecified atom stereocenters. The summed E-state index contributed by atoms with van der Waals surface area (Å²) in [6.07, 6.45) is 0. The van der Waals surface area contributed by atoms with Gasteiger partial charge in [-0.3, -0.25) is 4.79 Å². The summed E-state index contributed by atoms with van der Waals surface area (Å²) in [6.45, 7) is 1.97. The van der Waals surface area contributed by atoms with E-state index in [1.807, 2.05) is 37.3 Å². The Hall–Kier alpha value is -1.92. The van der Waals surface area contributed by atoms with Gasteiger partial charge in [-0.2, -0.15) is 5.26 Å². The van der Waals surface area contributed by atoms with Crippen molar-refractivity contribution in [2.45, 2.75) is 12.8 Å². The van der Waals surface area contributed by atoms with Gasteiger partial charge in [0.05, 0.1) is 6.07 Å². The Bertz CT molecular complexity index is 641. The summed E-state index contributed by atoms with van der Waals surface area (Å²) >= 11 is 3.35. The number of nitriles is 1. The average molecular weight is 314 g/mol. The third-order valence-electron chi connectivity index (χ3n) is 2.94. The predicted octanol–water partition coefficient (Wildman–Crippen LogP) is 4.25. The highest BCUT2D eigenvalue weighted by atomic mass is 79.9. The zero-order valence-corrected chi connectivity index (χ0v) is 12.0. The zero-order chi connectivity index (χ0) is 13.8. The number of hydrogen-bond donors (Lipinski definition) is 0. The summed E-state index contributed by atoms with van der Waals surface area (Å²) in [5.74, 6) is -0.946. The maximum absolute atomic E-state index is 12.4. The van der Waals surface area contributed by atoms with Crippen molar-refractivity contribution in [3.8, 4) is 6.07 Å². The highest BCUT2D eigenvalue weighted by Gasteiger charge is 2.23. The fraction of sp³-hybridized carbons (Fsp3) is 0.125. The number of hydrogen-bond acceptors (Lipinski definition) is 2. The van der Waals surface area contributed by atoms with Gasteiger partial charge in [-0.15, -0.1) is 0 Å². The molecule has 1 atom stereocenters. The minimum Gasteiger partial charge on any atom is -0.292 e. The normalized spacial score (nSPS) is 11.6. The molecule has 0 bridgehead atoms. The van der Waals surface area contributed by atoms with E-state index in [1.165, 1.54) is 0 Å². The lowest BCUT2D eigenvalue weighted by atomic mass is 9.91. The van der Waals surface area contributed by atoms with E-state index in [1.54, 1.807) is 18.2 Å². The van der Waals surface area contributed by atoms with E-state index in [0.29, 0.717) is 10.0 Å². The van der Waals surface area contributed by atoms with Crippen molar-refractivity contribution in [1.82, 2.24) is 0 Å². The molecule has 2 nitrogen and oxygen atoms in total. The molecule has 3 heteroatoms. The van der Waals surface area contributed by atoms with E-state index in [4.69, 9.17) is 0 Å². The monoisotopic (exact) mass is 313 g/mol. The Morgan fingerprint density at radius 1 is 1.16 bits per heavy atom. The van der Waals surface area contributed by atoms with Crippen LogP contribution in [0, 0.1) is 18.3 Å². The van der Waals surface area contributed by atoms with E-state index in [0.717, 1.165) is 11.1 Å². The van der Waals surface area contributed by atoms with Crippen molar-refractivity contribution in [1.29, 1.82) is 5.26 Å². The maximum Gasteiger partial charge on any atom is 0.185 e. The summed E-state index contributed by atoms with van der Waals surface area (Å²) in [6, 6.07) is 16.7. The van der Waals surface area contributed by atoms with Crippen LogP contribution >= 0.6 is 15.9 Å². The van der Waals surface area contributed by atoms with Gasteiger partial charge >= 0.3 is 0 Å². The quantitative estimate of drug-likeness (QED) is 0.795. The SMILES string of the molecule is Cc1ccc(C(C#N)C(=O)c2ccccc2Br)cc1. The largest absolute Gasteiger partial charge is 0.292 e. The van der Waals surface area contributed by atoms with Crippen LogP contribution in [-0.2, 0) is 0 Å². The molecule has 0 N–H and O–H groups in total. The Balaban J connectivity index is 2.38. The third kappa shape index (κ3) is 2.91. The first-order valence-electron chi connectivity index (χ1n) is 5.88. The molecule has 19 heavy (non-hydrogen) atoms. The maximum atomic E-state index is 12.4. The molecule has 0 aliphatic rings. The lowest BCUT2D eigenvalue weighted by molar-refractivity contribution is 0.0978. The second-order valence-corrected chi connectivity index (χ2v) is 5.17. The summed E-state index contributed by atoms with van der Waals surface area (Å²) < 4.78 is 0.715. The molecule has 0 aliphatic carbocycles. The van der Waals surface area contributed by atoms with Gasteiger partial charge < -0.3 is 0 Å². The summed E-state index contributed by atoms with van der Waals surface area (Å²) in [4.78, 5) is 12.4. The van der Waals surface area contributed by atoms with Crippen LogP contribution in [0.15, 0.2) is 53.0 Å². The fourth-order valence-electron chi connectivity index (χ4n) is 1.86. The Morgan fingerprint density at radius 2 is 1.79 bits per heavy atom. The lowest BCUT2D eigenvalue weighted by Crippen LogP contribution is -2.11. The van der Waals surface area contributed by atoms with E-state index in [9.17, 15) is 10.1 Å². The smallest absolute Gasteiger partial charge is 0.185 e. The van der Waals surface area contributed by atoms with Crippen LogP contribution < -0.4 is 0 Å². The predicted molar refractivity (Wildman–Crippen MR) is 78.0 cm³/mol. The van der Waals surface area contributed by atoms with Crippen LogP contribution in [-0.4, -0.2) is 5.78 Å². The number of halogens is 1. The second-order valence-electron chi connectivity index (χ2n) is 4.32. The number of nitrogens with zero attached hydrogens (tertiary/aromatic N) is 1. The van der Waals surface area contributed by atoms with Crippen molar-refractivity contribution in [3.05, 3.63) is 69.7 Å². The molecule has 0 fully saturated rings. The van der Waals surface area contributed by atoms with Crippen molar-refractivity contribution < 1.29 is 4.79 Å². The first-order valence-corrected chi connectivity index (χ1v) is 6.67. The molecule has 2 aromatic carbocycles. The van der Waals surface area contributed by atoms with E-state index in [-0.39, 0.29) is 5.78 Å². The molecule has 0 amide bonds. The number of aryl methyl sites for hydroxylation is 1. The Labute approximate surface area is 120 Å². The van der Waals surface area contributed by atoms with E-state index >= 15 is 0 Å². The third-order valence-corrected chi connectivity index (χ3v) is 3.63. The first kappa shape index (κ1) is 13.5. The van der Waals surface area contributed by atoms with Gasteiger partial charge in [0.15, 0.2) is 5.78 Å². The molecule has 2 rings (SSSR count). The molecule has 0 heterocycles. The van der Waals surface area contributed by atoms with Gasteiger partial charge in [0, 0.05) is 10.0 Å². The number of Topliss-reactive ketones (excluding diaryl/α,β-unsaturated/α-hetero) is 1. The van der Waals surface area contributed by atoms with Gasteiger partial charge in [-0.05, 0) is 18.6 Å². The topological polar surface area (TPSA) is 40.9 Å². The van der Waals surface area contributed by atoms with E-state index in [2.05, 4.69) is 22.0 Å². The van der Waals surface area contributed by atoms with Crippen LogP contribution in [0.3, 0.4) is 0 Å². The number of ketones is 1.